The van der Waals surface area contributed by atoms with Gasteiger partial charge in [0.15, 0.2) is 0 Å². The van der Waals surface area contributed by atoms with Crippen molar-refractivity contribution in [1.82, 2.24) is 0 Å². The van der Waals surface area contributed by atoms with Crippen molar-refractivity contribution in [3.63, 3.8) is 0 Å². The summed E-state index contributed by atoms with van der Waals surface area (Å²) in [5, 5.41) is 50.0. The van der Waals surface area contributed by atoms with E-state index in [0.717, 1.165) is 13.2 Å². The highest BCUT2D eigenvalue weighted by molar-refractivity contribution is 4.83. The number of epoxide rings is 2. The largest absolute Gasteiger partial charge is 0.394 e. The summed E-state index contributed by atoms with van der Waals surface area (Å²) in [6.45, 7) is 1.34. The molecule has 2 heterocycles. The quantitative estimate of drug-likeness (QED) is 0.281. The molecule has 2 saturated heterocycles. The van der Waals surface area contributed by atoms with Crippen LogP contribution in [0.25, 0.3) is 0 Å². The average Bonchev–Trinajstić information content (AvgIpc) is 3.26. The van der Waals surface area contributed by atoms with Crippen molar-refractivity contribution in [2.45, 2.75) is 24.4 Å². The Labute approximate surface area is 105 Å². The topological polar surface area (TPSA) is 146 Å². The molecule has 3 atom stereocenters. The molecule has 3 unspecified atom stereocenters. The molecule has 8 heteroatoms. The molecule has 0 aromatic heterocycles. The van der Waals surface area contributed by atoms with Gasteiger partial charge in [-0.2, -0.15) is 0 Å². The van der Waals surface area contributed by atoms with Crippen molar-refractivity contribution in [2.24, 2.45) is 0 Å². The zero-order chi connectivity index (χ0) is 14.0. The number of rotatable bonds is 5. The van der Waals surface area contributed by atoms with E-state index in [1.165, 1.54) is 0 Å². The van der Waals surface area contributed by atoms with Gasteiger partial charge in [0.2, 0.25) is 0 Å². The standard InChI is InChI=1S/C5H10O4.C3H8O3.C2H4O/c6-1-3(7)5(8)4-2-9-4;4-1-3(6)2-5;1-2-3-1/h3-8H,1-2H2;3-6H,1-2H2;1-2H2. The summed E-state index contributed by atoms with van der Waals surface area (Å²) < 4.78 is 9.17. The van der Waals surface area contributed by atoms with E-state index in [2.05, 4.69) is 9.47 Å². The molecule has 0 aliphatic carbocycles. The van der Waals surface area contributed by atoms with Gasteiger partial charge < -0.3 is 40.1 Å². The van der Waals surface area contributed by atoms with Crippen molar-refractivity contribution in [3.05, 3.63) is 0 Å². The smallest absolute Gasteiger partial charge is 0.110 e. The molecule has 2 rings (SSSR count). The predicted molar refractivity (Wildman–Crippen MR) is 59.8 cm³/mol. The molecule has 2 aliphatic rings. The van der Waals surface area contributed by atoms with Crippen LogP contribution in [0.5, 0.6) is 0 Å². The van der Waals surface area contributed by atoms with E-state index in [4.69, 9.17) is 30.6 Å². The maximum absolute atomic E-state index is 8.92. The van der Waals surface area contributed by atoms with Crippen LogP contribution in [-0.4, -0.2) is 94.7 Å². The molecule has 18 heavy (non-hydrogen) atoms. The minimum atomic E-state index is -1.06. The Bertz CT molecular complexity index is 178. The number of aliphatic hydroxyl groups is 6. The number of aliphatic hydroxyl groups excluding tert-OH is 6. The van der Waals surface area contributed by atoms with Crippen molar-refractivity contribution in [2.75, 3.05) is 39.6 Å². The molecule has 2 aliphatic heterocycles. The molecule has 0 aromatic carbocycles. The monoisotopic (exact) mass is 270 g/mol. The zero-order valence-corrected chi connectivity index (χ0v) is 10.1. The lowest BCUT2D eigenvalue weighted by atomic mass is 10.2. The van der Waals surface area contributed by atoms with Gasteiger partial charge >= 0.3 is 0 Å². The number of ether oxygens (including phenoxy) is 2. The van der Waals surface area contributed by atoms with Gasteiger partial charge in [-0.1, -0.05) is 0 Å². The van der Waals surface area contributed by atoms with E-state index in [-0.39, 0.29) is 19.3 Å². The van der Waals surface area contributed by atoms with E-state index < -0.39 is 24.9 Å². The molecule has 0 bridgehead atoms. The highest BCUT2D eigenvalue weighted by Gasteiger charge is 2.35. The summed E-state index contributed by atoms with van der Waals surface area (Å²) in [5.41, 5.74) is 0. The van der Waals surface area contributed by atoms with Crippen molar-refractivity contribution in [3.8, 4) is 0 Å². The van der Waals surface area contributed by atoms with Crippen LogP contribution in [0.2, 0.25) is 0 Å². The summed E-state index contributed by atoms with van der Waals surface area (Å²) in [5.74, 6) is 0. The molecule has 0 radical (unpaired) electrons. The SMILES string of the molecule is C1CO1.OCC(O)C(O)C1CO1.OCC(O)CO. The van der Waals surface area contributed by atoms with Crippen LogP contribution in [0.3, 0.4) is 0 Å². The van der Waals surface area contributed by atoms with E-state index in [1.807, 2.05) is 0 Å². The molecule has 0 saturated carbocycles. The van der Waals surface area contributed by atoms with E-state index in [9.17, 15) is 0 Å². The highest BCUT2D eigenvalue weighted by Crippen LogP contribution is 2.16. The van der Waals surface area contributed by atoms with Crippen molar-refractivity contribution >= 4 is 0 Å². The van der Waals surface area contributed by atoms with E-state index in [1.54, 1.807) is 0 Å². The first-order valence-electron chi connectivity index (χ1n) is 5.62. The molecule has 0 amide bonds. The minimum Gasteiger partial charge on any atom is -0.394 e. The second-order valence-corrected chi connectivity index (χ2v) is 3.74. The molecular weight excluding hydrogens is 248 g/mol. The maximum atomic E-state index is 8.92. The maximum Gasteiger partial charge on any atom is 0.110 e. The third-order valence-electron chi connectivity index (χ3n) is 1.95. The van der Waals surface area contributed by atoms with Gasteiger partial charge in [-0.3, -0.25) is 0 Å². The molecule has 8 nitrogen and oxygen atoms in total. The first kappa shape index (κ1) is 17.7. The van der Waals surface area contributed by atoms with Gasteiger partial charge in [0.05, 0.1) is 39.6 Å². The normalized spacial score (nSPS) is 23.2. The fraction of sp³-hybridized carbons (Fsp3) is 1.00. The Morgan fingerprint density at radius 3 is 1.56 bits per heavy atom. The molecule has 110 valence electrons. The molecule has 0 spiro atoms. The summed E-state index contributed by atoms with van der Waals surface area (Å²) in [4.78, 5) is 0. The fourth-order valence-corrected chi connectivity index (χ4v) is 0.666. The minimum absolute atomic E-state index is 0.257. The number of hydrogen-bond acceptors (Lipinski definition) is 8. The van der Waals surface area contributed by atoms with Crippen LogP contribution in [0.15, 0.2) is 0 Å². The third kappa shape index (κ3) is 10.8. The second-order valence-electron chi connectivity index (χ2n) is 3.74. The van der Waals surface area contributed by atoms with Gasteiger partial charge in [-0.15, -0.1) is 0 Å². The van der Waals surface area contributed by atoms with Crippen molar-refractivity contribution < 1.29 is 40.1 Å². The predicted octanol–water partition coefficient (Wildman–Crippen LogP) is -3.55. The van der Waals surface area contributed by atoms with Gasteiger partial charge in [-0.25, -0.2) is 0 Å². The van der Waals surface area contributed by atoms with E-state index in [0.29, 0.717) is 6.61 Å². The first-order valence-corrected chi connectivity index (χ1v) is 5.62. The van der Waals surface area contributed by atoms with Crippen LogP contribution in [0, 0.1) is 0 Å². The lowest BCUT2D eigenvalue weighted by Crippen LogP contribution is -2.33. The second kappa shape index (κ2) is 10.6. The lowest BCUT2D eigenvalue weighted by Gasteiger charge is -2.11. The molecular formula is C10H22O8. The third-order valence-corrected chi connectivity index (χ3v) is 1.95. The Kier molecular flexibility index (Phi) is 10.4. The highest BCUT2D eigenvalue weighted by atomic mass is 16.6. The fourth-order valence-electron chi connectivity index (χ4n) is 0.666. The van der Waals surface area contributed by atoms with Crippen molar-refractivity contribution in [1.29, 1.82) is 0 Å². The van der Waals surface area contributed by atoms with Crippen LogP contribution in [-0.2, 0) is 9.47 Å². The van der Waals surface area contributed by atoms with Crippen LogP contribution >= 0.6 is 0 Å². The summed E-state index contributed by atoms with van der Waals surface area (Å²) >= 11 is 0. The van der Waals surface area contributed by atoms with Crippen LogP contribution in [0.4, 0.5) is 0 Å². The zero-order valence-electron chi connectivity index (χ0n) is 10.1. The summed E-state index contributed by atoms with van der Waals surface area (Å²) in [7, 11) is 0. The Morgan fingerprint density at radius 2 is 1.39 bits per heavy atom. The Morgan fingerprint density at radius 1 is 0.944 bits per heavy atom. The Hall–Kier alpha value is -0.320. The van der Waals surface area contributed by atoms with Gasteiger partial charge in [0, 0.05) is 0 Å². The molecule has 0 aromatic rings. The van der Waals surface area contributed by atoms with Gasteiger partial charge in [0.1, 0.15) is 24.4 Å². The molecule has 6 N–H and O–H groups in total. The average molecular weight is 270 g/mol. The summed E-state index contributed by atoms with van der Waals surface area (Å²) in [6.07, 6.45) is -3.19. The summed E-state index contributed by atoms with van der Waals surface area (Å²) in [6, 6.07) is 0. The van der Waals surface area contributed by atoms with Gasteiger partial charge in [0.25, 0.3) is 0 Å². The first-order chi connectivity index (χ1) is 8.56. The Balaban J connectivity index is 0.000000275. The van der Waals surface area contributed by atoms with Crippen LogP contribution < -0.4 is 0 Å². The van der Waals surface area contributed by atoms with Crippen LogP contribution in [0.1, 0.15) is 0 Å². The molecule has 2 fully saturated rings. The van der Waals surface area contributed by atoms with Gasteiger partial charge in [-0.05, 0) is 0 Å². The van der Waals surface area contributed by atoms with E-state index >= 15 is 0 Å². The number of hydrogen-bond donors (Lipinski definition) is 6. The lowest BCUT2D eigenvalue weighted by molar-refractivity contribution is -0.0262.